The van der Waals surface area contributed by atoms with E-state index in [2.05, 4.69) is 19.2 Å². The van der Waals surface area contributed by atoms with Gasteiger partial charge in [-0.3, -0.25) is 4.79 Å². The number of hydrogen-bond donors (Lipinski definition) is 1. The number of carbonyl (C=O) groups is 1. The number of rotatable bonds is 7. The lowest BCUT2D eigenvalue weighted by Crippen LogP contribution is -2.37. The summed E-state index contributed by atoms with van der Waals surface area (Å²) in [6.45, 7) is 8.49. The molecule has 0 aliphatic rings. The fourth-order valence-electron chi connectivity index (χ4n) is 2.63. The zero-order chi connectivity index (χ0) is 18.4. The molecule has 134 valence electrons. The third-order valence-electron chi connectivity index (χ3n) is 4.21. The van der Waals surface area contributed by atoms with Crippen LogP contribution in [0, 0.1) is 20.8 Å². The number of hydrogen-bond acceptors (Lipinski definition) is 3. The Morgan fingerprint density at radius 2 is 1.80 bits per heavy atom. The molecule has 2 aromatic rings. The Bertz CT molecular complexity index is 740. The average Bonchev–Trinajstić information content (AvgIpc) is 2.56. The zero-order valence-corrected chi connectivity index (χ0v) is 15.7. The minimum atomic E-state index is -0.0616. The van der Waals surface area contributed by atoms with Crippen molar-refractivity contribution in [3.63, 3.8) is 0 Å². The minimum absolute atomic E-state index is 0.0132. The van der Waals surface area contributed by atoms with Gasteiger partial charge in [0, 0.05) is 0 Å². The lowest BCUT2D eigenvalue weighted by molar-refractivity contribution is -0.121. The van der Waals surface area contributed by atoms with Gasteiger partial charge in [0.25, 0.3) is 0 Å². The summed E-state index contributed by atoms with van der Waals surface area (Å²) in [6.07, 6.45) is 0.346. The van der Waals surface area contributed by atoms with Crippen LogP contribution in [-0.4, -0.2) is 25.7 Å². The molecule has 0 fully saturated rings. The van der Waals surface area contributed by atoms with Crippen molar-refractivity contribution in [1.29, 1.82) is 0 Å². The first-order valence-corrected chi connectivity index (χ1v) is 8.52. The summed E-state index contributed by atoms with van der Waals surface area (Å²) < 4.78 is 11.0. The molecule has 0 unspecified atom stereocenters. The number of benzene rings is 2. The lowest BCUT2D eigenvalue weighted by Gasteiger charge is -2.16. The predicted octanol–water partition coefficient (Wildman–Crippen LogP) is 3.75. The molecular formula is C21H27NO3. The summed E-state index contributed by atoms with van der Waals surface area (Å²) in [7, 11) is 1.64. The van der Waals surface area contributed by atoms with Gasteiger partial charge in [0.15, 0.2) is 0 Å². The van der Waals surface area contributed by atoms with Crippen LogP contribution in [0.4, 0.5) is 0 Å². The maximum Gasteiger partial charge on any atom is 0.224 e. The second-order valence-electron chi connectivity index (χ2n) is 6.51. The largest absolute Gasteiger partial charge is 0.496 e. The third kappa shape index (κ3) is 5.52. The van der Waals surface area contributed by atoms with Crippen molar-refractivity contribution in [2.45, 2.75) is 40.2 Å². The van der Waals surface area contributed by atoms with E-state index in [1.807, 2.05) is 50.2 Å². The first-order valence-electron chi connectivity index (χ1n) is 8.52. The van der Waals surface area contributed by atoms with E-state index >= 15 is 0 Å². The molecule has 0 radical (unpaired) electrons. The third-order valence-corrected chi connectivity index (χ3v) is 4.21. The first-order chi connectivity index (χ1) is 11.9. The molecule has 0 saturated carbocycles. The fraction of sp³-hybridized carbons (Fsp3) is 0.381. The van der Waals surface area contributed by atoms with Crippen molar-refractivity contribution < 1.29 is 14.3 Å². The molecule has 0 heterocycles. The van der Waals surface area contributed by atoms with Crippen LogP contribution in [0.25, 0.3) is 0 Å². The Morgan fingerprint density at radius 1 is 1.04 bits per heavy atom. The monoisotopic (exact) mass is 341 g/mol. The summed E-state index contributed by atoms with van der Waals surface area (Å²) in [6, 6.07) is 11.7. The fourth-order valence-corrected chi connectivity index (χ4v) is 2.63. The SMILES string of the molecule is COc1ccc(CC(=O)N[C@H](C)COc2ccc(C)c(C)c2)cc1C. The van der Waals surface area contributed by atoms with E-state index in [9.17, 15) is 4.79 Å². The van der Waals surface area contributed by atoms with E-state index in [0.29, 0.717) is 13.0 Å². The van der Waals surface area contributed by atoms with Gasteiger partial charge in [-0.05, 0) is 68.1 Å². The number of ether oxygens (including phenoxy) is 2. The van der Waals surface area contributed by atoms with E-state index in [1.54, 1.807) is 7.11 Å². The minimum Gasteiger partial charge on any atom is -0.496 e. The maximum atomic E-state index is 12.2. The highest BCUT2D eigenvalue weighted by atomic mass is 16.5. The van der Waals surface area contributed by atoms with Gasteiger partial charge in [-0.25, -0.2) is 0 Å². The second-order valence-corrected chi connectivity index (χ2v) is 6.51. The van der Waals surface area contributed by atoms with Crippen LogP contribution in [0.15, 0.2) is 36.4 Å². The van der Waals surface area contributed by atoms with Crippen molar-refractivity contribution in [2.24, 2.45) is 0 Å². The van der Waals surface area contributed by atoms with Gasteiger partial charge in [0.2, 0.25) is 5.91 Å². The summed E-state index contributed by atoms with van der Waals surface area (Å²) in [5.74, 6) is 1.65. The average molecular weight is 341 g/mol. The molecule has 0 aromatic heterocycles. The van der Waals surface area contributed by atoms with Gasteiger partial charge in [-0.2, -0.15) is 0 Å². The summed E-state index contributed by atoms with van der Waals surface area (Å²) in [5.41, 5.74) is 4.43. The zero-order valence-electron chi connectivity index (χ0n) is 15.7. The maximum absolute atomic E-state index is 12.2. The lowest BCUT2D eigenvalue weighted by atomic mass is 10.1. The smallest absolute Gasteiger partial charge is 0.224 e. The van der Waals surface area contributed by atoms with Gasteiger partial charge in [0.05, 0.1) is 19.6 Å². The molecule has 1 amide bonds. The number of carbonyl (C=O) groups excluding carboxylic acids is 1. The van der Waals surface area contributed by atoms with Crippen molar-refractivity contribution in [3.05, 3.63) is 58.7 Å². The van der Waals surface area contributed by atoms with Gasteiger partial charge < -0.3 is 14.8 Å². The van der Waals surface area contributed by atoms with Crippen LogP contribution in [0.5, 0.6) is 11.5 Å². The highest BCUT2D eigenvalue weighted by molar-refractivity contribution is 5.79. The highest BCUT2D eigenvalue weighted by Crippen LogP contribution is 2.19. The number of nitrogens with one attached hydrogen (secondary N) is 1. The number of amides is 1. The van der Waals surface area contributed by atoms with Gasteiger partial charge >= 0.3 is 0 Å². The molecule has 1 N–H and O–H groups in total. The standard InChI is InChI=1S/C21H27NO3/c1-14-6-8-19(11-15(14)2)25-13-17(4)22-21(23)12-18-7-9-20(24-5)16(3)10-18/h6-11,17H,12-13H2,1-5H3,(H,22,23)/t17-/m1/s1. The van der Waals surface area contributed by atoms with Gasteiger partial charge in [-0.15, -0.1) is 0 Å². The summed E-state index contributed by atoms with van der Waals surface area (Å²) in [5, 5.41) is 2.98. The van der Waals surface area contributed by atoms with Crippen LogP contribution in [0.3, 0.4) is 0 Å². The normalized spacial score (nSPS) is 11.7. The predicted molar refractivity (Wildman–Crippen MR) is 100 cm³/mol. The molecule has 0 spiro atoms. The van der Waals surface area contributed by atoms with E-state index in [4.69, 9.17) is 9.47 Å². The Balaban J connectivity index is 1.83. The van der Waals surface area contributed by atoms with Crippen molar-refractivity contribution in [1.82, 2.24) is 5.32 Å². The van der Waals surface area contributed by atoms with E-state index in [0.717, 1.165) is 22.6 Å². The molecule has 1 atom stereocenters. The molecule has 4 nitrogen and oxygen atoms in total. The van der Waals surface area contributed by atoms with Crippen LogP contribution < -0.4 is 14.8 Å². The van der Waals surface area contributed by atoms with Crippen LogP contribution in [-0.2, 0) is 11.2 Å². The molecule has 0 bridgehead atoms. The molecule has 0 aliphatic carbocycles. The number of aryl methyl sites for hydroxylation is 3. The molecule has 0 saturated heterocycles. The quantitative estimate of drug-likeness (QED) is 0.834. The molecule has 4 heteroatoms. The molecule has 2 rings (SSSR count). The second kappa shape index (κ2) is 8.56. The molecule has 25 heavy (non-hydrogen) atoms. The van der Waals surface area contributed by atoms with Gasteiger partial charge in [0.1, 0.15) is 18.1 Å². The molecular weight excluding hydrogens is 314 g/mol. The number of methoxy groups -OCH3 is 1. The summed E-state index contributed by atoms with van der Waals surface area (Å²) in [4.78, 5) is 12.2. The summed E-state index contributed by atoms with van der Waals surface area (Å²) >= 11 is 0. The molecule has 0 aliphatic heterocycles. The van der Waals surface area contributed by atoms with E-state index < -0.39 is 0 Å². The Kier molecular flexibility index (Phi) is 6.45. The van der Waals surface area contributed by atoms with E-state index in [-0.39, 0.29) is 11.9 Å². The van der Waals surface area contributed by atoms with Gasteiger partial charge in [-0.1, -0.05) is 18.2 Å². The molecule has 2 aromatic carbocycles. The van der Waals surface area contributed by atoms with Crippen LogP contribution in [0.2, 0.25) is 0 Å². The Hall–Kier alpha value is -2.49. The van der Waals surface area contributed by atoms with Crippen molar-refractivity contribution >= 4 is 5.91 Å². The first kappa shape index (κ1) is 18.8. The highest BCUT2D eigenvalue weighted by Gasteiger charge is 2.10. The topological polar surface area (TPSA) is 47.6 Å². The Morgan fingerprint density at radius 3 is 2.44 bits per heavy atom. The Labute approximate surface area is 150 Å². The van der Waals surface area contributed by atoms with Crippen molar-refractivity contribution in [2.75, 3.05) is 13.7 Å². The van der Waals surface area contributed by atoms with Crippen LogP contribution >= 0.6 is 0 Å². The van der Waals surface area contributed by atoms with Crippen LogP contribution in [0.1, 0.15) is 29.2 Å². The van der Waals surface area contributed by atoms with Crippen molar-refractivity contribution in [3.8, 4) is 11.5 Å². The van der Waals surface area contributed by atoms with E-state index in [1.165, 1.54) is 11.1 Å².